The van der Waals surface area contributed by atoms with Crippen LogP contribution in [0.4, 0.5) is 13.2 Å². The smallest absolute Gasteiger partial charge is 0.435 e. The molecule has 1 heterocycles. The van der Waals surface area contributed by atoms with Crippen molar-refractivity contribution in [2.45, 2.75) is 12.7 Å². The van der Waals surface area contributed by atoms with E-state index in [1.165, 1.54) is 7.05 Å². The number of benzene rings is 2. The summed E-state index contributed by atoms with van der Waals surface area (Å²) in [5.41, 5.74) is -0.915. The number of rotatable bonds is 4. The highest BCUT2D eigenvalue weighted by atomic mass is 19.4. The van der Waals surface area contributed by atoms with Crippen LogP contribution in [0.3, 0.4) is 0 Å². The molecule has 1 amide bonds. The Morgan fingerprint density at radius 3 is 2.58 bits per heavy atom. The fourth-order valence-electron chi connectivity index (χ4n) is 2.65. The Morgan fingerprint density at radius 1 is 1.19 bits per heavy atom. The molecule has 1 N–H and O–H groups in total. The summed E-state index contributed by atoms with van der Waals surface area (Å²) in [6.45, 7) is 0.104. The minimum Gasteiger partial charge on any atom is -0.497 e. The van der Waals surface area contributed by atoms with Crippen molar-refractivity contribution in [3.63, 3.8) is 0 Å². The van der Waals surface area contributed by atoms with Crippen molar-refractivity contribution in [2.24, 2.45) is 7.05 Å². The van der Waals surface area contributed by atoms with Crippen LogP contribution >= 0.6 is 0 Å². The van der Waals surface area contributed by atoms with E-state index in [9.17, 15) is 18.0 Å². The molecule has 0 aliphatic rings. The standard InChI is InChI=1S/C18H16F3N3O2/c1-24-10-15(16(23-24)18(19,20)21)17(25)22-9-11-3-4-13-8-14(26-2)6-5-12(13)7-11/h3-8,10H,9H2,1-2H3,(H,22,25). The lowest BCUT2D eigenvalue weighted by Gasteiger charge is -2.09. The fraction of sp³-hybridized carbons (Fsp3) is 0.222. The Balaban J connectivity index is 1.77. The SMILES string of the molecule is COc1ccc2cc(CNC(=O)c3cn(C)nc3C(F)(F)F)ccc2c1. The zero-order valence-electron chi connectivity index (χ0n) is 14.1. The van der Waals surface area contributed by atoms with Crippen LogP contribution in [0.25, 0.3) is 10.8 Å². The van der Waals surface area contributed by atoms with Gasteiger partial charge in [-0.2, -0.15) is 18.3 Å². The van der Waals surface area contributed by atoms with Gasteiger partial charge < -0.3 is 10.1 Å². The molecule has 0 aliphatic carbocycles. The van der Waals surface area contributed by atoms with Crippen molar-refractivity contribution >= 4 is 16.7 Å². The van der Waals surface area contributed by atoms with Crippen molar-refractivity contribution in [1.82, 2.24) is 15.1 Å². The first-order chi connectivity index (χ1) is 12.3. The summed E-state index contributed by atoms with van der Waals surface area (Å²) < 4.78 is 45.0. The highest BCUT2D eigenvalue weighted by Crippen LogP contribution is 2.30. The molecule has 2 aromatic carbocycles. The summed E-state index contributed by atoms with van der Waals surface area (Å²) in [5.74, 6) is -0.0879. The van der Waals surface area contributed by atoms with E-state index in [-0.39, 0.29) is 6.54 Å². The second-order valence-electron chi connectivity index (χ2n) is 5.79. The van der Waals surface area contributed by atoms with Crippen LogP contribution in [0.15, 0.2) is 42.6 Å². The van der Waals surface area contributed by atoms with E-state index in [0.717, 1.165) is 33.0 Å². The van der Waals surface area contributed by atoms with Gasteiger partial charge in [-0.3, -0.25) is 9.48 Å². The molecular weight excluding hydrogens is 347 g/mol. The van der Waals surface area contributed by atoms with Crippen molar-refractivity contribution in [2.75, 3.05) is 7.11 Å². The van der Waals surface area contributed by atoms with E-state index in [0.29, 0.717) is 0 Å². The number of carbonyl (C=O) groups excluding carboxylic acids is 1. The van der Waals surface area contributed by atoms with E-state index in [2.05, 4.69) is 10.4 Å². The Labute approximate surface area is 147 Å². The minimum atomic E-state index is -4.68. The Morgan fingerprint density at radius 2 is 1.88 bits per heavy atom. The summed E-state index contributed by atoms with van der Waals surface area (Å²) >= 11 is 0. The molecule has 0 fully saturated rings. The minimum absolute atomic E-state index is 0.104. The lowest BCUT2D eigenvalue weighted by atomic mass is 10.1. The monoisotopic (exact) mass is 363 g/mol. The molecule has 5 nitrogen and oxygen atoms in total. The van der Waals surface area contributed by atoms with E-state index in [4.69, 9.17) is 4.74 Å². The van der Waals surface area contributed by atoms with Crippen LogP contribution in [-0.2, 0) is 19.8 Å². The molecule has 0 bridgehead atoms. The maximum Gasteiger partial charge on any atom is 0.435 e. The lowest BCUT2D eigenvalue weighted by Crippen LogP contribution is -2.25. The van der Waals surface area contributed by atoms with Gasteiger partial charge in [0, 0.05) is 19.8 Å². The van der Waals surface area contributed by atoms with Crippen LogP contribution < -0.4 is 10.1 Å². The summed E-state index contributed by atoms with van der Waals surface area (Å²) in [4.78, 5) is 12.2. The van der Waals surface area contributed by atoms with Crippen molar-refractivity contribution in [3.8, 4) is 5.75 Å². The molecule has 8 heteroatoms. The van der Waals surface area contributed by atoms with Crippen molar-refractivity contribution in [1.29, 1.82) is 0 Å². The molecule has 0 spiro atoms. The van der Waals surface area contributed by atoms with Gasteiger partial charge in [0.25, 0.3) is 5.91 Å². The molecule has 0 atom stereocenters. The van der Waals surface area contributed by atoms with Crippen LogP contribution in [0, 0.1) is 0 Å². The first-order valence-corrected chi connectivity index (χ1v) is 7.73. The maximum atomic E-state index is 13.0. The zero-order valence-corrected chi connectivity index (χ0v) is 14.1. The highest BCUT2D eigenvalue weighted by Gasteiger charge is 2.38. The quantitative estimate of drug-likeness (QED) is 0.772. The van der Waals surface area contributed by atoms with Crippen molar-refractivity contribution < 1.29 is 22.7 Å². The van der Waals surface area contributed by atoms with Crippen molar-refractivity contribution in [3.05, 3.63) is 59.4 Å². The highest BCUT2D eigenvalue weighted by molar-refractivity contribution is 5.95. The maximum absolute atomic E-state index is 13.0. The fourth-order valence-corrected chi connectivity index (χ4v) is 2.65. The molecule has 136 valence electrons. The molecule has 0 aliphatic heterocycles. The Bertz CT molecular complexity index is 964. The number of nitrogens with one attached hydrogen (secondary N) is 1. The molecule has 0 saturated carbocycles. The molecule has 0 saturated heterocycles. The average Bonchev–Trinajstić information content (AvgIpc) is 3.01. The summed E-state index contributed by atoms with van der Waals surface area (Å²) in [6.07, 6.45) is -3.62. The number of fused-ring (bicyclic) bond motifs is 1. The molecule has 26 heavy (non-hydrogen) atoms. The van der Waals surface area contributed by atoms with E-state index < -0.39 is 23.3 Å². The van der Waals surface area contributed by atoms with Gasteiger partial charge in [0.05, 0.1) is 12.7 Å². The van der Waals surface area contributed by atoms with Gasteiger partial charge in [0.1, 0.15) is 5.75 Å². The van der Waals surface area contributed by atoms with E-state index in [1.54, 1.807) is 13.2 Å². The number of methoxy groups -OCH3 is 1. The van der Waals surface area contributed by atoms with Crippen LogP contribution in [0.2, 0.25) is 0 Å². The topological polar surface area (TPSA) is 56.1 Å². The summed E-state index contributed by atoms with van der Waals surface area (Å²) in [5, 5.41) is 7.75. The number of halogens is 3. The van der Waals surface area contributed by atoms with Gasteiger partial charge in [-0.15, -0.1) is 0 Å². The molecule has 0 unspecified atom stereocenters. The second kappa shape index (κ2) is 6.70. The van der Waals surface area contributed by atoms with E-state index >= 15 is 0 Å². The summed E-state index contributed by atoms with van der Waals surface area (Å²) in [7, 11) is 2.92. The average molecular weight is 363 g/mol. The van der Waals surface area contributed by atoms with Gasteiger partial charge in [-0.05, 0) is 34.5 Å². The molecule has 3 rings (SSSR count). The predicted molar refractivity (Wildman–Crippen MR) is 89.9 cm³/mol. The number of aromatic nitrogens is 2. The number of aryl methyl sites for hydroxylation is 1. The molecule has 0 radical (unpaired) electrons. The number of alkyl halides is 3. The third-order valence-electron chi connectivity index (χ3n) is 3.91. The summed E-state index contributed by atoms with van der Waals surface area (Å²) in [6, 6.07) is 11.1. The van der Waals surface area contributed by atoms with Gasteiger partial charge >= 0.3 is 6.18 Å². The number of nitrogens with zero attached hydrogens (tertiary/aromatic N) is 2. The number of hydrogen-bond acceptors (Lipinski definition) is 3. The Kier molecular flexibility index (Phi) is 4.58. The first kappa shape index (κ1) is 17.8. The van der Waals surface area contributed by atoms with Gasteiger partial charge in [-0.1, -0.05) is 18.2 Å². The largest absolute Gasteiger partial charge is 0.497 e. The number of ether oxygens (including phenoxy) is 1. The van der Waals surface area contributed by atoms with Crippen LogP contribution in [-0.4, -0.2) is 22.8 Å². The third kappa shape index (κ3) is 3.63. The third-order valence-corrected chi connectivity index (χ3v) is 3.91. The van der Waals surface area contributed by atoms with Crippen LogP contribution in [0.1, 0.15) is 21.6 Å². The van der Waals surface area contributed by atoms with Crippen LogP contribution in [0.5, 0.6) is 5.75 Å². The lowest BCUT2D eigenvalue weighted by molar-refractivity contribution is -0.141. The molecular formula is C18H16F3N3O2. The van der Waals surface area contributed by atoms with Gasteiger partial charge in [0.15, 0.2) is 5.69 Å². The first-order valence-electron chi connectivity index (χ1n) is 7.73. The molecule has 3 aromatic rings. The van der Waals surface area contributed by atoms with Gasteiger partial charge in [-0.25, -0.2) is 0 Å². The number of hydrogen-bond donors (Lipinski definition) is 1. The zero-order chi connectivity index (χ0) is 18.9. The molecule has 1 aromatic heterocycles. The predicted octanol–water partition coefficient (Wildman–Crippen LogP) is 3.53. The number of carbonyl (C=O) groups is 1. The normalized spacial score (nSPS) is 11.6. The number of amides is 1. The Hall–Kier alpha value is -3.03. The second-order valence-corrected chi connectivity index (χ2v) is 5.79. The van der Waals surface area contributed by atoms with E-state index in [1.807, 2.05) is 30.3 Å². The van der Waals surface area contributed by atoms with Gasteiger partial charge in [0.2, 0.25) is 0 Å².